The van der Waals surface area contributed by atoms with E-state index in [1.807, 2.05) is 0 Å². The lowest BCUT2D eigenvalue weighted by Crippen LogP contribution is -2.21. The summed E-state index contributed by atoms with van der Waals surface area (Å²) in [6, 6.07) is 0. The van der Waals surface area contributed by atoms with E-state index in [-0.39, 0.29) is 0 Å². The molecule has 0 unspecified atom stereocenters. The van der Waals surface area contributed by atoms with Crippen molar-refractivity contribution in [2.45, 2.75) is 0 Å². The monoisotopic (exact) mass is 121 g/mol. The van der Waals surface area contributed by atoms with E-state index in [0.29, 0.717) is 0 Å². The van der Waals surface area contributed by atoms with Gasteiger partial charge in [0.05, 0.1) is 0 Å². The third-order valence-electron chi connectivity index (χ3n) is 0.357. The molecule has 0 spiro atoms. The molecular weight excluding hydrogens is 118 g/mol. The van der Waals surface area contributed by atoms with Gasteiger partial charge < -0.3 is 4.84 Å². The molecule has 0 aliphatic rings. The molecule has 0 heterocycles. The molecule has 0 atom stereocenters. The van der Waals surface area contributed by atoms with Crippen LogP contribution in [0, 0.1) is 0 Å². The first-order chi connectivity index (χ1) is 3.72. The lowest BCUT2D eigenvalue weighted by Gasteiger charge is -1.89. The van der Waals surface area contributed by atoms with Crippen LogP contribution in [0.1, 0.15) is 0 Å². The molecule has 0 aliphatic carbocycles. The predicted octanol–water partition coefficient (Wildman–Crippen LogP) is -1.58. The maximum atomic E-state index is 9.76. The molecule has 0 aromatic carbocycles. The average molecular weight is 121 g/mol. The third kappa shape index (κ3) is 1.54. The normalized spacial score (nSPS) is 7.75. The van der Waals surface area contributed by atoms with Crippen LogP contribution in [0.25, 0.3) is 0 Å². The second-order valence-electron chi connectivity index (χ2n) is 0.784. The highest BCUT2D eigenvalue weighted by Gasteiger charge is 2.15. The highest BCUT2D eigenvalue weighted by atomic mass is 17.1. The number of rotatable bonds is 0. The predicted molar refractivity (Wildman–Crippen MR) is 19.0 cm³/mol. The quantitative estimate of drug-likeness (QED) is 0.228. The van der Waals surface area contributed by atoms with E-state index in [1.165, 1.54) is 0 Å². The van der Waals surface area contributed by atoms with E-state index in [0.717, 1.165) is 0 Å². The van der Waals surface area contributed by atoms with Crippen LogP contribution in [0.5, 0.6) is 0 Å². The first-order valence-corrected chi connectivity index (χ1v) is 1.48. The molecule has 0 radical (unpaired) electrons. The topological polar surface area (TPSA) is 98.9 Å². The molecule has 0 aromatic heterocycles. The van der Waals surface area contributed by atoms with Gasteiger partial charge in [-0.25, -0.2) is 9.59 Å². The van der Waals surface area contributed by atoms with Gasteiger partial charge in [0.1, 0.15) is 0 Å². The van der Waals surface area contributed by atoms with Gasteiger partial charge in [-0.2, -0.15) is 11.2 Å². The number of carbonyl (C=O) groups is 2. The Morgan fingerprint density at radius 3 is 2.00 bits per heavy atom. The Bertz CT molecular complexity index is 95.0. The second-order valence-corrected chi connectivity index (χ2v) is 0.784. The molecule has 0 saturated heterocycles. The lowest BCUT2D eigenvalue weighted by molar-refractivity contribution is -0.237. The zero-order valence-corrected chi connectivity index (χ0v) is 3.66. The van der Waals surface area contributed by atoms with Crippen molar-refractivity contribution in [1.29, 1.82) is 0 Å². The smallest absolute Gasteiger partial charge is 0.365 e. The Morgan fingerprint density at radius 1 is 1.38 bits per heavy atom. The maximum Gasteiger partial charge on any atom is 0.451 e. The minimum absolute atomic E-state index is 1.45. The van der Waals surface area contributed by atoms with Crippen molar-refractivity contribution in [3.63, 3.8) is 0 Å². The molecule has 0 rings (SSSR count). The SMILES string of the molecule is NOC(=O)C(=O)OO. The van der Waals surface area contributed by atoms with E-state index < -0.39 is 11.9 Å². The molecule has 6 nitrogen and oxygen atoms in total. The number of hydrogen-bond donors (Lipinski definition) is 2. The molecule has 6 heteroatoms. The van der Waals surface area contributed by atoms with Crippen LogP contribution >= 0.6 is 0 Å². The standard InChI is InChI=1S/C2H3NO5/c3-7-1(4)2(5)8-6/h6H,3H2. The summed E-state index contributed by atoms with van der Waals surface area (Å²) in [6.45, 7) is 0. The van der Waals surface area contributed by atoms with Gasteiger partial charge in [0.15, 0.2) is 0 Å². The molecule has 0 aromatic rings. The fourth-order valence-electron chi connectivity index (χ4n) is 0.0854. The molecule has 3 N–H and O–H groups in total. The molecule has 0 saturated carbocycles. The second kappa shape index (κ2) is 2.94. The summed E-state index contributed by atoms with van der Waals surface area (Å²) >= 11 is 0. The van der Waals surface area contributed by atoms with Crippen LogP contribution in [0.3, 0.4) is 0 Å². The van der Waals surface area contributed by atoms with Gasteiger partial charge in [-0.05, 0) is 0 Å². The molecule has 0 amide bonds. The Labute approximate surface area is 43.7 Å². The van der Waals surface area contributed by atoms with Crippen LogP contribution in [0.4, 0.5) is 0 Å². The molecule has 8 heavy (non-hydrogen) atoms. The highest BCUT2D eigenvalue weighted by Crippen LogP contribution is 1.73. The van der Waals surface area contributed by atoms with E-state index >= 15 is 0 Å². The Hall–Kier alpha value is -1.14. The first-order valence-electron chi connectivity index (χ1n) is 1.48. The first kappa shape index (κ1) is 6.86. The molecule has 0 bridgehead atoms. The fraction of sp³-hybridized carbons (Fsp3) is 0. The molecule has 0 fully saturated rings. The van der Waals surface area contributed by atoms with Crippen LogP contribution in [-0.2, 0) is 19.3 Å². The minimum Gasteiger partial charge on any atom is -0.365 e. The summed E-state index contributed by atoms with van der Waals surface area (Å²) in [5, 5.41) is 7.43. The molecule has 46 valence electrons. The van der Waals surface area contributed by atoms with Crippen molar-refractivity contribution in [2.75, 3.05) is 0 Å². The number of carbonyl (C=O) groups excluding carboxylic acids is 2. The van der Waals surface area contributed by atoms with E-state index in [9.17, 15) is 9.59 Å². The van der Waals surface area contributed by atoms with Gasteiger partial charge in [0.25, 0.3) is 0 Å². The highest BCUT2D eigenvalue weighted by molar-refractivity contribution is 6.29. The largest absolute Gasteiger partial charge is 0.451 e. The average Bonchev–Trinajstić information content (AvgIpc) is 1.84. The van der Waals surface area contributed by atoms with Gasteiger partial charge >= 0.3 is 11.9 Å². The van der Waals surface area contributed by atoms with E-state index in [2.05, 4.69) is 15.6 Å². The van der Waals surface area contributed by atoms with E-state index in [1.54, 1.807) is 0 Å². The Morgan fingerprint density at radius 2 is 1.88 bits per heavy atom. The fourth-order valence-corrected chi connectivity index (χ4v) is 0.0854. The summed E-state index contributed by atoms with van der Waals surface area (Å²) in [6.07, 6.45) is 0. The van der Waals surface area contributed by atoms with Gasteiger partial charge in [0, 0.05) is 0 Å². The number of nitrogens with two attached hydrogens (primary N) is 1. The van der Waals surface area contributed by atoms with Gasteiger partial charge in [-0.3, -0.25) is 4.89 Å². The van der Waals surface area contributed by atoms with E-state index in [4.69, 9.17) is 5.26 Å². The number of hydrogen-bond acceptors (Lipinski definition) is 6. The van der Waals surface area contributed by atoms with Crippen LogP contribution in [0.2, 0.25) is 0 Å². The summed E-state index contributed by atoms with van der Waals surface area (Å²) in [4.78, 5) is 25.7. The zero-order valence-electron chi connectivity index (χ0n) is 3.66. The lowest BCUT2D eigenvalue weighted by atomic mass is 10.7. The molecular formula is C2H3NO5. The van der Waals surface area contributed by atoms with Crippen LogP contribution < -0.4 is 5.90 Å². The minimum atomic E-state index is -1.55. The summed E-state index contributed by atoms with van der Waals surface area (Å²) in [5.41, 5.74) is 0. The van der Waals surface area contributed by atoms with Crippen molar-refractivity contribution in [3.05, 3.63) is 0 Å². The van der Waals surface area contributed by atoms with Gasteiger partial charge in [-0.15, -0.1) is 0 Å². The molecule has 0 aliphatic heterocycles. The third-order valence-corrected chi connectivity index (χ3v) is 0.357. The van der Waals surface area contributed by atoms with Crippen molar-refractivity contribution >= 4 is 11.9 Å². The summed E-state index contributed by atoms with van der Waals surface area (Å²) in [7, 11) is 0. The van der Waals surface area contributed by atoms with Crippen molar-refractivity contribution < 1.29 is 24.6 Å². The summed E-state index contributed by atoms with van der Waals surface area (Å²) in [5.74, 6) is 1.19. The van der Waals surface area contributed by atoms with Crippen LogP contribution in [0.15, 0.2) is 0 Å². The van der Waals surface area contributed by atoms with Crippen molar-refractivity contribution in [1.82, 2.24) is 0 Å². The van der Waals surface area contributed by atoms with Gasteiger partial charge in [-0.1, -0.05) is 0 Å². The van der Waals surface area contributed by atoms with Crippen molar-refractivity contribution in [3.8, 4) is 0 Å². The Kier molecular flexibility index (Phi) is 2.52. The summed E-state index contributed by atoms with van der Waals surface area (Å²) < 4.78 is 0. The van der Waals surface area contributed by atoms with Gasteiger partial charge in [0.2, 0.25) is 0 Å². The Balaban J connectivity index is 3.64. The van der Waals surface area contributed by atoms with Crippen molar-refractivity contribution in [2.24, 2.45) is 5.90 Å². The maximum absolute atomic E-state index is 9.76. The zero-order chi connectivity index (χ0) is 6.57. The van der Waals surface area contributed by atoms with Crippen LogP contribution in [-0.4, -0.2) is 17.2 Å².